The Balaban J connectivity index is 1.57. The third-order valence-corrected chi connectivity index (χ3v) is 4.87. The minimum Gasteiger partial charge on any atom is -0.423 e. The van der Waals surface area contributed by atoms with Crippen molar-refractivity contribution in [3.05, 3.63) is 24.0 Å². The fraction of sp³-hybridized carbons (Fsp3) is 0.529. The molecule has 0 spiro atoms. The Hall–Kier alpha value is -2.15. The number of carbonyl (C=O) groups is 1. The van der Waals surface area contributed by atoms with E-state index in [0.29, 0.717) is 49.6 Å². The van der Waals surface area contributed by atoms with E-state index in [0.717, 1.165) is 12.8 Å². The number of aliphatic hydroxyl groups is 1. The lowest BCUT2D eigenvalue weighted by Crippen LogP contribution is -2.57. The second-order valence-electron chi connectivity index (χ2n) is 6.66. The average Bonchev–Trinajstić information content (AvgIpc) is 3.23. The smallest absolute Gasteiger partial charge is 0.298 e. The number of piperidine rings is 1. The molecule has 1 atom stereocenters. The van der Waals surface area contributed by atoms with Gasteiger partial charge < -0.3 is 19.3 Å². The predicted octanol–water partition coefficient (Wildman–Crippen LogP) is 1.92. The van der Waals surface area contributed by atoms with Gasteiger partial charge in [-0.15, -0.1) is 0 Å². The highest BCUT2D eigenvalue weighted by molar-refractivity contribution is 5.86. The Bertz CT molecular complexity index is 772. The number of oxazole rings is 1. The molecule has 4 rings (SSSR count). The first-order valence-corrected chi connectivity index (χ1v) is 8.38. The molecule has 2 aliphatic heterocycles. The monoisotopic (exact) mass is 333 g/mol. The number of amides is 1. The number of hydrogen-bond acceptors (Lipinski definition) is 5. The molecular weight excluding hydrogens is 313 g/mol. The lowest BCUT2D eigenvalue weighted by molar-refractivity contribution is -0.151. The SMILES string of the molecule is O=C(N1CCCC1)C1(O)CCCN(c2nc3cc(F)ccc3o2)C1. The maximum Gasteiger partial charge on any atom is 0.298 e. The Morgan fingerprint density at radius 1 is 1.25 bits per heavy atom. The molecule has 0 aliphatic carbocycles. The van der Waals surface area contributed by atoms with Gasteiger partial charge in [-0.3, -0.25) is 4.79 Å². The summed E-state index contributed by atoms with van der Waals surface area (Å²) in [5, 5.41) is 10.9. The number of carbonyl (C=O) groups excluding carboxylic acids is 1. The molecule has 1 N–H and O–H groups in total. The quantitative estimate of drug-likeness (QED) is 0.909. The summed E-state index contributed by atoms with van der Waals surface area (Å²) in [6, 6.07) is 4.49. The number of hydrogen-bond donors (Lipinski definition) is 1. The Labute approximate surface area is 138 Å². The summed E-state index contributed by atoms with van der Waals surface area (Å²) in [5.74, 6) is -0.575. The number of benzene rings is 1. The van der Waals surface area contributed by atoms with Crippen LogP contribution in [0.25, 0.3) is 11.1 Å². The third kappa shape index (κ3) is 2.62. The number of anilines is 1. The molecule has 7 heteroatoms. The van der Waals surface area contributed by atoms with Crippen LogP contribution in [0, 0.1) is 5.82 Å². The van der Waals surface area contributed by atoms with Crippen LogP contribution in [0.3, 0.4) is 0 Å². The molecule has 128 valence electrons. The molecule has 1 amide bonds. The van der Waals surface area contributed by atoms with Crippen LogP contribution in [0.4, 0.5) is 10.4 Å². The van der Waals surface area contributed by atoms with E-state index < -0.39 is 5.60 Å². The molecule has 0 saturated carbocycles. The molecule has 2 saturated heterocycles. The normalized spacial score (nSPS) is 24.8. The van der Waals surface area contributed by atoms with Gasteiger partial charge in [-0.25, -0.2) is 4.39 Å². The van der Waals surface area contributed by atoms with Crippen LogP contribution in [0.15, 0.2) is 22.6 Å². The number of fused-ring (bicyclic) bond motifs is 1. The first-order chi connectivity index (χ1) is 11.5. The molecule has 2 aromatic rings. The minimum atomic E-state index is -1.41. The Kier molecular flexibility index (Phi) is 3.68. The molecule has 3 heterocycles. The minimum absolute atomic E-state index is 0.150. The van der Waals surface area contributed by atoms with Gasteiger partial charge in [-0.1, -0.05) is 0 Å². The molecular formula is C17H20FN3O3. The maximum atomic E-state index is 13.3. The highest BCUT2D eigenvalue weighted by atomic mass is 19.1. The number of β-amino-alcohol motifs (C(OH)–C–C–N with tert-alkyl or cyclic N) is 1. The molecule has 1 aromatic carbocycles. The number of likely N-dealkylation sites (tertiary alicyclic amines) is 1. The van der Waals surface area contributed by atoms with Gasteiger partial charge in [0.05, 0.1) is 6.54 Å². The second-order valence-corrected chi connectivity index (χ2v) is 6.66. The largest absolute Gasteiger partial charge is 0.423 e. The lowest BCUT2D eigenvalue weighted by Gasteiger charge is -2.39. The van der Waals surface area contributed by atoms with Crippen LogP contribution < -0.4 is 4.90 Å². The number of rotatable bonds is 2. The van der Waals surface area contributed by atoms with E-state index in [4.69, 9.17) is 4.42 Å². The summed E-state index contributed by atoms with van der Waals surface area (Å²) in [4.78, 5) is 20.5. The van der Waals surface area contributed by atoms with Gasteiger partial charge in [-0.2, -0.15) is 4.98 Å². The highest BCUT2D eigenvalue weighted by Gasteiger charge is 2.44. The van der Waals surface area contributed by atoms with Crippen molar-refractivity contribution in [3.63, 3.8) is 0 Å². The average molecular weight is 333 g/mol. The molecule has 2 aliphatic rings. The van der Waals surface area contributed by atoms with Gasteiger partial charge in [0.1, 0.15) is 11.3 Å². The maximum absolute atomic E-state index is 13.3. The number of aromatic nitrogens is 1. The van der Waals surface area contributed by atoms with Crippen molar-refractivity contribution >= 4 is 23.0 Å². The van der Waals surface area contributed by atoms with E-state index in [1.54, 1.807) is 9.80 Å². The van der Waals surface area contributed by atoms with E-state index in [-0.39, 0.29) is 18.3 Å². The van der Waals surface area contributed by atoms with Crippen LogP contribution in [-0.2, 0) is 4.79 Å². The van der Waals surface area contributed by atoms with Crippen molar-refractivity contribution in [2.75, 3.05) is 31.1 Å². The van der Waals surface area contributed by atoms with Crippen molar-refractivity contribution < 1.29 is 18.7 Å². The van der Waals surface area contributed by atoms with Crippen molar-refractivity contribution in [1.29, 1.82) is 0 Å². The van der Waals surface area contributed by atoms with Gasteiger partial charge in [0.25, 0.3) is 11.9 Å². The summed E-state index contributed by atoms with van der Waals surface area (Å²) in [7, 11) is 0. The number of halogens is 1. The Morgan fingerprint density at radius 3 is 2.83 bits per heavy atom. The summed E-state index contributed by atoms with van der Waals surface area (Å²) < 4.78 is 19.0. The molecule has 1 unspecified atom stereocenters. The van der Waals surface area contributed by atoms with Crippen LogP contribution in [-0.4, -0.2) is 52.7 Å². The third-order valence-electron chi connectivity index (χ3n) is 4.87. The zero-order valence-electron chi connectivity index (χ0n) is 13.4. The highest BCUT2D eigenvalue weighted by Crippen LogP contribution is 2.30. The zero-order valence-corrected chi connectivity index (χ0v) is 13.4. The van der Waals surface area contributed by atoms with Gasteiger partial charge in [0, 0.05) is 25.7 Å². The molecule has 0 radical (unpaired) electrons. The summed E-state index contributed by atoms with van der Waals surface area (Å²) in [5.41, 5.74) is -0.481. The topological polar surface area (TPSA) is 69.8 Å². The van der Waals surface area contributed by atoms with Crippen molar-refractivity contribution in [1.82, 2.24) is 9.88 Å². The first-order valence-electron chi connectivity index (χ1n) is 8.38. The standard InChI is InChI=1S/C17H20FN3O3/c18-12-4-5-14-13(10-12)19-16(24-14)21-9-3-6-17(23,11-21)15(22)20-7-1-2-8-20/h4-5,10,23H,1-3,6-9,11H2. The Morgan fingerprint density at radius 2 is 2.04 bits per heavy atom. The second kappa shape index (κ2) is 5.73. The molecule has 1 aromatic heterocycles. The van der Waals surface area contributed by atoms with Crippen LogP contribution in [0.2, 0.25) is 0 Å². The number of nitrogens with zero attached hydrogens (tertiary/aromatic N) is 3. The molecule has 24 heavy (non-hydrogen) atoms. The summed E-state index contributed by atoms with van der Waals surface area (Å²) in [6.07, 6.45) is 3.08. The summed E-state index contributed by atoms with van der Waals surface area (Å²) >= 11 is 0. The van der Waals surface area contributed by atoms with E-state index in [2.05, 4.69) is 4.98 Å². The van der Waals surface area contributed by atoms with Crippen molar-refractivity contribution in [2.45, 2.75) is 31.3 Å². The van der Waals surface area contributed by atoms with E-state index in [1.165, 1.54) is 18.2 Å². The molecule has 0 bridgehead atoms. The van der Waals surface area contributed by atoms with Crippen molar-refractivity contribution in [2.24, 2.45) is 0 Å². The molecule has 2 fully saturated rings. The predicted molar refractivity (Wildman–Crippen MR) is 86.2 cm³/mol. The van der Waals surface area contributed by atoms with Gasteiger partial charge in [0.2, 0.25) is 0 Å². The van der Waals surface area contributed by atoms with Crippen LogP contribution in [0.1, 0.15) is 25.7 Å². The van der Waals surface area contributed by atoms with Crippen LogP contribution >= 0.6 is 0 Å². The van der Waals surface area contributed by atoms with Gasteiger partial charge in [0.15, 0.2) is 11.2 Å². The van der Waals surface area contributed by atoms with Gasteiger partial charge >= 0.3 is 0 Å². The van der Waals surface area contributed by atoms with E-state index >= 15 is 0 Å². The van der Waals surface area contributed by atoms with Crippen LogP contribution in [0.5, 0.6) is 0 Å². The fourth-order valence-electron chi connectivity index (χ4n) is 3.61. The molecule has 6 nitrogen and oxygen atoms in total. The summed E-state index contributed by atoms with van der Waals surface area (Å²) in [6.45, 7) is 2.22. The van der Waals surface area contributed by atoms with Crippen molar-refractivity contribution in [3.8, 4) is 0 Å². The van der Waals surface area contributed by atoms with E-state index in [1.807, 2.05) is 0 Å². The fourth-order valence-corrected chi connectivity index (χ4v) is 3.61. The first kappa shape index (κ1) is 15.4. The lowest BCUT2D eigenvalue weighted by atomic mass is 9.91. The van der Waals surface area contributed by atoms with Gasteiger partial charge in [-0.05, 0) is 37.8 Å². The van der Waals surface area contributed by atoms with E-state index in [9.17, 15) is 14.3 Å². The zero-order chi connectivity index (χ0) is 16.7.